The number of rotatable bonds is 6. The van der Waals surface area contributed by atoms with Gasteiger partial charge in [-0.2, -0.15) is 0 Å². The Balaban J connectivity index is 1.83. The number of carbonyl (C=O) groups excluding carboxylic acids is 1. The van der Waals surface area contributed by atoms with Crippen LogP contribution in [0.3, 0.4) is 0 Å². The summed E-state index contributed by atoms with van der Waals surface area (Å²) in [6.07, 6.45) is 1.49. The van der Waals surface area contributed by atoms with Gasteiger partial charge in [0, 0.05) is 23.4 Å². The number of methoxy groups -OCH3 is 1. The third-order valence-corrected chi connectivity index (χ3v) is 4.80. The second kappa shape index (κ2) is 7.57. The SMILES string of the molecule is CCn1c(SCc2ccoc2C(=O)OC)nnc1-c1cccc(C)c1. The molecule has 0 radical (unpaired) electrons. The lowest BCUT2D eigenvalue weighted by Crippen LogP contribution is -2.03. The minimum Gasteiger partial charge on any atom is -0.463 e. The Morgan fingerprint density at radius 3 is 2.88 bits per heavy atom. The van der Waals surface area contributed by atoms with Crippen LogP contribution in [0.25, 0.3) is 11.4 Å². The number of esters is 1. The van der Waals surface area contributed by atoms with Crippen molar-refractivity contribution in [2.75, 3.05) is 7.11 Å². The number of nitrogens with zero attached hydrogens (tertiary/aromatic N) is 3. The van der Waals surface area contributed by atoms with Crippen LogP contribution in [0.5, 0.6) is 0 Å². The van der Waals surface area contributed by atoms with Gasteiger partial charge in [-0.05, 0) is 26.0 Å². The monoisotopic (exact) mass is 357 g/mol. The van der Waals surface area contributed by atoms with Crippen molar-refractivity contribution in [1.82, 2.24) is 14.8 Å². The molecule has 0 saturated heterocycles. The summed E-state index contributed by atoms with van der Waals surface area (Å²) in [5.41, 5.74) is 3.00. The standard InChI is InChI=1S/C18H19N3O3S/c1-4-21-16(13-7-5-6-12(2)10-13)19-20-18(21)25-11-14-8-9-24-15(14)17(22)23-3/h5-10H,4,11H2,1-3H3. The maximum absolute atomic E-state index is 11.7. The molecule has 0 N–H and O–H groups in total. The molecular weight excluding hydrogens is 338 g/mol. The lowest BCUT2D eigenvalue weighted by Gasteiger charge is -2.07. The van der Waals surface area contributed by atoms with E-state index in [9.17, 15) is 4.79 Å². The molecule has 0 aliphatic heterocycles. The summed E-state index contributed by atoms with van der Waals surface area (Å²) in [7, 11) is 1.34. The van der Waals surface area contributed by atoms with E-state index in [2.05, 4.69) is 40.7 Å². The largest absolute Gasteiger partial charge is 0.463 e. The first kappa shape index (κ1) is 17.3. The summed E-state index contributed by atoms with van der Waals surface area (Å²) < 4.78 is 12.0. The zero-order valence-electron chi connectivity index (χ0n) is 14.4. The van der Waals surface area contributed by atoms with E-state index in [0.29, 0.717) is 5.75 Å². The smallest absolute Gasteiger partial charge is 0.374 e. The molecule has 0 unspecified atom stereocenters. The number of carbonyl (C=O) groups is 1. The predicted octanol–water partition coefficient (Wildman–Crippen LogP) is 3.95. The molecule has 7 heteroatoms. The Bertz CT molecular complexity index is 885. The molecule has 0 aliphatic carbocycles. The van der Waals surface area contributed by atoms with Crippen LogP contribution < -0.4 is 0 Å². The molecule has 25 heavy (non-hydrogen) atoms. The third kappa shape index (κ3) is 3.61. The molecule has 130 valence electrons. The summed E-state index contributed by atoms with van der Waals surface area (Å²) in [4.78, 5) is 11.7. The first-order valence-corrected chi connectivity index (χ1v) is 8.90. The molecule has 0 atom stereocenters. The molecule has 6 nitrogen and oxygen atoms in total. The molecule has 0 fully saturated rings. The van der Waals surface area contributed by atoms with Crippen LogP contribution in [-0.2, 0) is 17.0 Å². The fourth-order valence-corrected chi connectivity index (χ4v) is 3.52. The van der Waals surface area contributed by atoms with Crippen molar-refractivity contribution in [3.8, 4) is 11.4 Å². The zero-order chi connectivity index (χ0) is 17.8. The molecule has 0 aliphatic rings. The van der Waals surface area contributed by atoms with Crippen molar-refractivity contribution in [2.24, 2.45) is 0 Å². The van der Waals surface area contributed by atoms with Crippen LogP contribution in [0, 0.1) is 6.92 Å². The molecule has 2 heterocycles. The van der Waals surface area contributed by atoms with Gasteiger partial charge in [0.25, 0.3) is 0 Å². The van der Waals surface area contributed by atoms with Gasteiger partial charge in [-0.1, -0.05) is 35.5 Å². The molecule has 1 aromatic carbocycles. The number of ether oxygens (including phenoxy) is 1. The molecule has 0 amide bonds. The molecule has 3 aromatic rings. The fourth-order valence-electron chi connectivity index (χ4n) is 2.54. The van der Waals surface area contributed by atoms with E-state index in [1.807, 2.05) is 12.1 Å². The normalized spacial score (nSPS) is 10.8. The molecule has 2 aromatic heterocycles. The highest BCUT2D eigenvalue weighted by Gasteiger charge is 2.18. The van der Waals surface area contributed by atoms with Gasteiger partial charge in [-0.15, -0.1) is 10.2 Å². The number of furan rings is 1. The van der Waals surface area contributed by atoms with E-state index < -0.39 is 5.97 Å². The average molecular weight is 357 g/mol. The average Bonchev–Trinajstić information content (AvgIpc) is 3.25. The number of hydrogen-bond acceptors (Lipinski definition) is 6. The summed E-state index contributed by atoms with van der Waals surface area (Å²) in [6, 6.07) is 9.96. The molecule has 0 saturated carbocycles. The summed E-state index contributed by atoms with van der Waals surface area (Å²) in [6.45, 7) is 4.87. The first-order chi connectivity index (χ1) is 12.1. The molecule has 0 bridgehead atoms. The van der Waals surface area contributed by atoms with Gasteiger partial charge in [0.15, 0.2) is 11.0 Å². The van der Waals surface area contributed by atoms with Crippen molar-refractivity contribution < 1.29 is 13.9 Å². The van der Waals surface area contributed by atoms with Crippen LogP contribution in [0.15, 0.2) is 46.2 Å². The Hall–Kier alpha value is -2.54. The van der Waals surface area contributed by atoms with E-state index in [1.54, 1.807) is 6.07 Å². The van der Waals surface area contributed by atoms with Gasteiger partial charge in [0.2, 0.25) is 5.76 Å². The van der Waals surface area contributed by atoms with E-state index in [1.165, 1.54) is 30.7 Å². The second-order valence-corrected chi connectivity index (χ2v) is 6.42. The van der Waals surface area contributed by atoms with Crippen molar-refractivity contribution >= 4 is 17.7 Å². The lowest BCUT2D eigenvalue weighted by molar-refractivity contribution is 0.0564. The fraction of sp³-hybridized carbons (Fsp3) is 0.278. The Kier molecular flexibility index (Phi) is 5.23. The van der Waals surface area contributed by atoms with Crippen molar-refractivity contribution in [3.05, 3.63) is 53.5 Å². The molecule has 3 rings (SSSR count). The van der Waals surface area contributed by atoms with Gasteiger partial charge in [-0.25, -0.2) is 4.79 Å². The van der Waals surface area contributed by atoms with Crippen LogP contribution in [-0.4, -0.2) is 27.8 Å². The van der Waals surface area contributed by atoms with E-state index in [-0.39, 0.29) is 5.76 Å². The topological polar surface area (TPSA) is 70.2 Å². The van der Waals surface area contributed by atoms with E-state index in [4.69, 9.17) is 9.15 Å². The lowest BCUT2D eigenvalue weighted by atomic mass is 10.1. The minimum atomic E-state index is -0.474. The molecular formula is C18H19N3O3S. The first-order valence-electron chi connectivity index (χ1n) is 7.91. The molecule has 0 spiro atoms. The van der Waals surface area contributed by atoms with Crippen molar-refractivity contribution in [3.63, 3.8) is 0 Å². The highest BCUT2D eigenvalue weighted by atomic mass is 32.2. The quantitative estimate of drug-likeness (QED) is 0.491. The van der Waals surface area contributed by atoms with Gasteiger partial charge in [0.1, 0.15) is 0 Å². The number of aromatic nitrogens is 3. The Morgan fingerprint density at radius 2 is 2.16 bits per heavy atom. The van der Waals surface area contributed by atoms with Gasteiger partial charge in [-0.3, -0.25) is 0 Å². The van der Waals surface area contributed by atoms with Gasteiger partial charge in [0.05, 0.1) is 13.4 Å². The summed E-state index contributed by atoms with van der Waals surface area (Å²) in [5.74, 6) is 1.15. The van der Waals surface area contributed by atoms with Crippen LogP contribution in [0.4, 0.5) is 0 Å². The summed E-state index contributed by atoms with van der Waals surface area (Å²) >= 11 is 1.51. The number of thioether (sulfide) groups is 1. The van der Waals surface area contributed by atoms with Crippen LogP contribution >= 0.6 is 11.8 Å². The number of hydrogen-bond donors (Lipinski definition) is 0. The zero-order valence-corrected chi connectivity index (χ0v) is 15.2. The Morgan fingerprint density at radius 1 is 1.32 bits per heavy atom. The van der Waals surface area contributed by atoms with Crippen molar-refractivity contribution in [2.45, 2.75) is 31.3 Å². The van der Waals surface area contributed by atoms with E-state index in [0.717, 1.165) is 28.7 Å². The highest BCUT2D eigenvalue weighted by molar-refractivity contribution is 7.98. The maximum atomic E-state index is 11.7. The summed E-state index contributed by atoms with van der Waals surface area (Å²) in [5, 5.41) is 9.47. The predicted molar refractivity (Wildman–Crippen MR) is 95.5 cm³/mol. The number of aryl methyl sites for hydroxylation is 1. The Labute approximate surface area is 150 Å². The minimum absolute atomic E-state index is 0.233. The van der Waals surface area contributed by atoms with Gasteiger partial charge < -0.3 is 13.7 Å². The third-order valence-electron chi connectivity index (χ3n) is 3.78. The second-order valence-electron chi connectivity index (χ2n) is 5.48. The van der Waals surface area contributed by atoms with Crippen molar-refractivity contribution in [1.29, 1.82) is 0 Å². The maximum Gasteiger partial charge on any atom is 0.374 e. The highest BCUT2D eigenvalue weighted by Crippen LogP contribution is 2.28. The van der Waals surface area contributed by atoms with Gasteiger partial charge >= 0.3 is 5.97 Å². The van der Waals surface area contributed by atoms with E-state index >= 15 is 0 Å². The van der Waals surface area contributed by atoms with Crippen LogP contribution in [0.2, 0.25) is 0 Å². The number of benzene rings is 1. The van der Waals surface area contributed by atoms with Crippen LogP contribution in [0.1, 0.15) is 28.6 Å².